The first-order chi connectivity index (χ1) is 8.38. The summed E-state index contributed by atoms with van der Waals surface area (Å²) < 4.78 is 1.87. The van der Waals surface area contributed by atoms with Gasteiger partial charge in [-0.15, -0.1) is 0 Å². The van der Waals surface area contributed by atoms with Crippen molar-refractivity contribution in [3.63, 3.8) is 0 Å². The summed E-state index contributed by atoms with van der Waals surface area (Å²) in [4.78, 5) is 0. The second-order valence-electron chi connectivity index (χ2n) is 5.93. The van der Waals surface area contributed by atoms with Gasteiger partial charge in [-0.2, -0.15) is 16.9 Å². The summed E-state index contributed by atoms with van der Waals surface area (Å²) >= 11 is 8.04. The second kappa shape index (κ2) is 5.06. The number of halogens is 1. The van der Waals surface area contributed by atoms with Gasteiger partial charge in [-0.1, -0.05) is 32.4 Å². The molecule has 3 nitrogen and oxygen atoms in total. The summed E-state index contributed by atoms with van der Waals surface area (Å²) in [5.74, 6) is 1.78. The Balaban J connectivity index is 2.37. The van der Waals surface area contributed by atoms with Crippen molar-refractivity contribution in [3.8, 4) is 0 Å². The van der Waals surface area contributed by atoms with Gasteiger partial charge in [0, 0.05) is 12.3 Å². The van der Waals surface area contributed by atoms with E-state index in [2.05, 4.69) is 25.9 Å². The highest BCUT2D eigenvalue weighted by atomic mass is 35.5. The Bertz CT molecular complexity index is 433. The molecule has 1 aromatic heterocycles. The fraction of sp³-hybridized carbons (Fsp3) is 0.769. The summed E-state index contributed by atoms with van der Waals surface area (Å²) in [6.45, 7) is 7.29. The molecule has 102 valence electrons. The number of aryl methyl sites for hydroxylation is 1. The van der Waals surface area contributed by atoms with E-state index in [4.69, 9.17) is 11.6 Å². The lowest BCUT2D eigenvalue weighted by molar-refractivity contribution is 0.00761. The van der Waals surface area contributed by atoms with Gasteiger partial charge in [0.25, 0.3) is 0 Å². The molecule has 2 rings (SSSR count). The van der Waals surface area contributed by atoms with Crippen LogP contribution >= 0.6 is 23.4 Å². The zero-order chi connectivity index (χ0) is 13.4. The summed E-state index contributed by atoms with van der Waals surface area (Å²) in [6.07, 6.45) is 3.37. The first-order valence-corrected chi connectivity index (χ1v) is 7.93. The number of rotatable bonds is 3. The molecule has 0 aromatic carbocycles. The van der Waals surface area contributed by atoms with Crippen LogP contribution < -0.4 is 0 Å². The van der Waals surface area contributed by atoms with E-state index in [1.807, 2.05) is 4.68 Å². The molecular weight excluding hydrogens is 268 g/mol. The zero-order valence-electron chi connectivity index (χ0n) is 11.2. The van der Waals surface area contributed by atoms with E-state index in [9.17, 15) is 5.11 Å². The lowest BCUT2D eigenvalue weighted by Crippen LogP contribution is -2.42. The highest BCUT2D eigenvalue weighted by Crippen LogP contribution is 2.46. The Hall–Kier alpha value is -0.190. The molecule has 0 aliphatic carbocycles. The van der Waals surface area contributed by atoms with Crippen molar-refractivity contribution in [2.45, 2.75) is 45.8 Å². The molecule has 0 bridgehead atoms. The summed E-state index contributed by atoms with van der Waals surface area (Å²) in [5, 5.41) is 15.9. The number of thioether (sulfide) groups is 1. The highest BCUT2D eigenvalue weighted by Gasteiger charge is 2.43. The van der Waals surface area contributed by atoms with Gasteiger partial charge >= 0.3 is 0 Å². The molecule has 1 fully saturated rings. The van der Waals surface area contributed by atoms with E-state index in [1.165, 1.54) is 0 Å². The minimum Gasteiger partial charge on any atom is -0.383 e. The number of hydrogen-bond donors (Lipinski definition) is 1. The van der Waals surface area contributed by atoms with E-state index >= 15 is 0 Å². The minimum atomic E-state index is -0.852. The van der Waals surface area contributed by atoms with Crippen LogP contribution in [0.4, 0.5) is 0 Å². The maximum absolute atomic E-state index is 11.0. The van der Waals surface area contributed by atoms with Gasteiger partial charge in [0.2, 0.25) is 0 Å². The van der Waals surface area contributed by atoms with Crippen LogP contribution in [0.15, 0.2) is 6.20 Å². The molecule has 1 atom stereocenters. The van der Waals surface area contributed by atoms with E-state index < -0.39 is 5.60 Å². The predicted molar refractivity (Wildman–Crippen MR) is 77.1 cm³/mol. The van der Waals surface area contributed by atoms with Crippen molar-refractivity contribution < 1.29 is 5.11 Å². The lowest BCUT2D eigenvalue weighted by atomic mass is 9.80. The average molecular weight is 289 g/mol. The van der Waals surface area contributed by atoms with Gasteiger partial charge in [-0.25, -0.2) is 0 Å². The lowest BCUT2D eigenvalue weighted by Gasteiger charge is -2.41. The monoisotopic (exact) mass is 288 g/mol. The molecule has 0 saturated carbocycles. The van der Waals surface area contributed by atoms with E-state index in [0.717, 1.165) is 30.8 Å². The fourth-order valence-electron chi connectivity index (χ4n) is 2.75. The number of hydrogen-bond acceptors (Lipinski definition) is 3. The van der Waals surface area contributed by atoms with Crippen LogP contribution in [0, 0.1) is 5.41 Å². The molecule has 1 aliphatic rings. The molecule has 0 spiro atoms. The van der Waals surface area contributed by atoms with Crippen LogP contribution in [0.3, 0.4) is 0 Å². The Morgan fingerprint density at radius 3 is 2.83 bits per heavy atom. The Morgan fingerprint density at radius 1 is 1.50 bits per heavy atom. The van der Waals surface area contributed by atoms with Gasteiger partial charge in [0.1, 0.15) is 5.60 Å². The van der Waals surface area contributed by atoms with Crippen molar-refractivity contribution in [1.29, 1.82) is 0 Å². The first kappa shape index (κ1) is 14.2. The van der Waals surface area contributed by atoms with Crippen molar-refractivity contribution in [3.05, 3.63) is 16.9 Å². The summed E-state index contributed by atoms with van der Waals surface area (Å²) in [6, 6.07) is 0. The van der Waals surface area contributed by atoms with Crippen LogP contribution in [0.25, 0.3) is 0 Å². The average Bonchev–Trinajstić information content (AvgIpc) is 2.59. The zero-order valence-corrected chi connectivity index (χ0v) is 12.8. The number of aliphatic hydroxyl groups is 1. The third kappa shape index (κ3) is 2.70. The maximum atomic E-state index is 11.0. The Kier molecular flexibility index (Phi) is 4.00. The molecule has 1 N–H and O–H groups in total. The molecule has 0 radical (unpaired) electrons. The second-order valence-corrected chi connectivity index (χ2v) is 7.32. The number of nitrogens with zero attached hydrogens (tertiary/aromatic N) is 2. The third-order valence-electron chi connectivity index (χ3n) is 3.28. The van der Waals surface area contributed by atoms with E-state index in [-0.39, 0.29) is 5.41 Å². The van der Waals surface area contributed by atoms with Gasteiger partial charge in [0.05, 0.1) is 16.9 Å². The molecular formula is C13H21ClN2OS. The highest BCUT2D eigenvalue weighted by molar-refractivity contribution is 7.99. The molecule has 1 aromatic rings. The summed E-state index contributed by atoms with van der Waals surface area (Å²) in [7, 11) is 0. The molecule has 2 heterocycles. The van der Waals surface area contributed by atoms with Gasteiger partial charge in [-0.3, -0.25) is 4.68 Å². The van der Waals surface area contributed by atoms with Crippen LogP contribution in [0.1, 0.15) is 39.3 Å². The molecule has 5 heteroatoms. The van der Waals surface area contributed by atoms with Crippen molar-refractivity contribution >= 4 is 23.4 Å². The molecule has 1 saturated heterocycles. The Labute approximate surface area is 118 Å². The van der Waals surface area contributed by atoms with Crippen LogP contribution in [0.5, 0.6) is 0 Å². The molecule has 18 heavy (non-hydrogen) atoms. The fourth-order valence-corrected chi connectivity index (χ4v) is 4.40. The molecule has 0 amide bonds. The smallest absolute Gasteiger partial charge is 0.117 e. The first-order valence-electron chi connectivity index (χ1n) is 6.40. The topological polar surface area (TPSA) is 38.0 Å². The van der Waals surface area contributed by atoms with E-state index in [1.54, 1.807) is 18.0 Å². The van der Waals surface area contributed by atoms with Gasteiger partial charge in [0.15, 0.2) is 0 Å². The molecule has 1 aliphatic heterocycles. The van der Waals surface area contributed by atoms with Crippen LogP contribution in [-0.2, 0) is 12.1 Å². The molecule has 1 unspecified atom stereocenters. The van der Waals surface area contributed by atoms with E-state index in [0.29, 0.717) is 10.8 Å². The Morgan fingerprint density at radius 2 is 2.22 bits per heavy atom. The van der Waals surface area contributed by atoms with Crippen LogP contribution in [0.2, 0.25) is 5.02 Å². The normalized spacial score (nSPS) is 27.4. The van der Waals surface area contributed by atoms with Gasteiger partial charge < -0.3 is 5.11 Å². The number of aromatic nitrogens is 2. The quantitative estimate of drug-likeness (QED) is 0.927. The SMILES string of the molecule is CCCn1ncc(Cl)c1C1(O)CSCC(C)(C)C1. The van der Waals surface area contributed by atoms with Crippen LogP contribution in [-0.4, -0.2) is 26.4 Å². The van der Waals surface area contributed by atoms with Crippen molar-refractivity contribution in [1.82, 2.24) is 9.78 Å². The van der Waals surface area contributed by atoms with Crippen molar-refractivity contribution in [2.24, 2.45) is 5.41 Å². The third-order valence-corrected chi connectivity index (χ3v) is 5.22. The minimum absolute atomic E-state index is 0.127. The summed E-state index contributed by atoms with van der Waals surface area (Å²) in [5.41, 5.74) is 0.0728. The largest absolute Gasteiger partial charge is 0.383 e. The predicted octanol–water partition coefficient (Wildman–Crippen LogP) is 3.30. The van der Waals surface area contributed by atoms with Gasteiger partial charge in [-0.05, 0) is 24.0 Å². The van der Waals surface area contributed by atoms with Crippen molar-refractivity contribution in [2.75, 3.05) is 11.5 Å². The maximum Gasteiger partial charge on any atom is 0.117 e. The standard InChI is InChI=1S/C13H21ClN2OS/c1-4-5-16-11(10(14)6-15-16)13(17)7-12(2,3)8-18-9-13/h6,17H,4-5,7-9H2,1-3H3.